The van der Waals surface area contributed by atoms with Gasteiger partial charge in [0.25, 0.3) is 0 Å². The first-order valence-electron chi connectivity index (χ1n) is 6.42. The van der Waals surface area contributed by atoms with Gasteiger partial charge in [-0.2, -0.15) is 0 Å². The quantitative estimate of drug-likeness (QED) is 0.815. The van der Waals surface area contributed by atoms with Crippen molar-refractivity contribution >= 4 is 0 Å². The van der Waals surface area contributed by atoms with Crippen LogP contribution in [0.2, 0.25) is 0 Å². The van der Waals surface area contributed by atoms with Gasteiger partial charge in [0.15, 0.2) is 0 Å². The van der Waals surface area contributed by atoms with Crippen molar-refractivity contribution in [2.24, 2.45) is 5.92 Å². The molecule has 0 heterocycles. The van der Waals surface area contributed by atoms with E-state index in [2.05, 4.69) is 20.8 Å². The molecule has 0 amide bonds. The Bertz CT molecular complexity index is 343. The highest BCUT2D eigenvalue weighted by Gasteiger charge is 2.27. The van der Waals surface area contributed by atoms with Crippen molar-refractivity contribution in [3.05, 3.63) is 29.8 Å². The molecule has 0 spiro atoms. The molecule has 1 N–H and O–H groups in total. The summed E-state index contributed by atoms with van der Waals surface area (Å²) in [6.45, 7) is 8.86. The lowest BCUT2D eigenvalue weighted by Gasteiger charge is -2.27. The van der Waals surface area contributed by atoms with Gasteiger partial charge in [0.1, 0.15) is 5.75 Å². The molecule has 17 heavy (non-hydrogen) atoms. The maximum atomic E-state index is 10.6. The Hall–Kier alpha value is -1.02. The highest BCUT2D eigenvalue weighted by Crippen LogP contribution is 2.34. The van der Waals surface area contributed by atoms with Crippen LogP contribution < -0.4 is 4.74 Å². The van der Waals surface area contributed by atoms with Crippen LogP contribution in [0.15, 0.2) is 24.3 Å². The van der Waals surface area contributed by atoms with E-state index in [0.29, 0.717) is 12.5 Å². The first kappa shape index (κ1) is 14.0. The molecule has 0 fully saturated rings. The minimum absolute atomic E-state index is 0.448. The van der Waals surface area contributed by atoms with E-state index in [1.165, 1.54) is 0 Å². The molecule has 1 aromatic carbocycles. The van der Waals surface area contributed by atoms with Gasteiger partial charge in [-0.3, -0.25) is 0 Å². The Labute approximate surface area is 105 Å². The highest BCUT2D eigenvalue weighted by molar-refractivity contribution is 5.37. The maximum Gasteiger partial charge on any atom is 0.125 e. The van der Waals surface area contributed by atoms with Gasteiger partial charge >= 0.3 is 0 Å². The van der Waals surface area contributed by atoms with Gasteiger partial charge in [0.2, 0.25) is 0 Å². The first-order chi connectivity index (χ1) is 7.97. The lowest BCUT2D eigenvalue weighted by atomic mass is 9.87. The summed E-state index contributed by atoms with van der Waals surface area (Å²) in [6.07, 6.45) is 1.71. The summed E-state index contributed by atoms with van der Waals surface area (Å²) in [5.74, 6) is 1.25. The summed E-state index contributed by atoms with van der Waals surface area (Å²) in [5.41, 5.74) is 0.0699. The molecule has 0 bridgehead atoms. The number of para-hydroxylation sites is 1. The summed E-state index contributed by atoms with van der Waals surface area (Å²) in [6, 6.07) is 7.77. The molecule has 0 aliphatic rings. The van der Waals surface area contributed by atoms with Crippen LogP contribution in [0.4, 0.5) is 0 Å². The summed E-state index contributed by atoms with van der Waals surface area (Å²) >= 11 is 0. The second kappa shape index (κ2) is 6.06. The van der Waals surface area contributed by atoms with Crippen LogP contribution in [0.3, 0.4) is 0 Å². The van der Waals surface area contributed by atoms with Gasteiger partial charge in [-0.25, -0.2) is 0 Å². The number of ether oxygens (including phenoxy) is 1. The fraction of sp³-hybridized carbons (Fsp3) is 0.600. The number of aliphatic hydroxyl groups is 1. The average molecular weight is 236 g/mol. The van der Waals surface area contributed by atoms with Crippen molar-refractivity contribution in [3.63, 3.8) is 0 Å². The van der Waals surface area contributed by atoms with E-state index in [-0.39, 0.29) is 0 Å². The lowest BCUT2D eigenvalue weighted by molar-refractivity contribution is 0.0319. The van der Waals surface area contributed by atoms with Gasteiger partial charge in [0.05, 0.1) is 12.2 Å². The molecule has 96 valence electrons. The summed E-state index contributed by atoms with van der Waals surface area (Å²) in [7, 11) is 0. The SMILES string of the molecule is CCCOc1ccccc1C(C)(O)CC(C)C. The Morgan fingerprint density at radius 3 is 2.53 bits per heavy atom. The van der Waals surface area contributed by atoms with Gasteiger partial charge in [-0.05, 0) is 31.7 Å². The molecular formula is C15H24O2. The van der Waals surface area contributed by atoms with E-state index in [0.717, 1.165) is 24.2 Å². The summed E-state index contributed by atoms with van der Waals surface area (Å²) in [4.78, 5) is 0. The van der Waals surface area contributed by atoms with Gasteiger partial charge in [-0.15, -0.1) is 0 Å². The Balaban J connectivity index is 2.94. The third-order valence-electron chi connectivity index (χ3n) is 2.73. The highest BCUT2D eigenvalue weighted by atomic mass is 16.5. The second-order valence-corrected chi connectivity index (χ2v) is 5.22. The number of rotatable bonds is 6. The number of benzene rings is 1. The predicted octanol–water partition coefficient (Wildman–Crippen LogP) is 3.73. The second-order valence-electron chi connectivity index (χ2n) is 5.22. The third-order valence-corrected chi connectivity index (χ3v) is 2.73. The van der Waals surface area contributed by atoms with Crippen molar-refractivity contribution < 1.29 is 9.84 Å². The van der Waals surface area contributed by atoms with Gasteiger partial charge < -0.3 is 9.84 Å². The molecule has 2 heteroatoms. The monoisotopic (exact) mass is 236 g/mol. The largest absolute Gasteiger partial charge is 0.493 e. The molecule has 0 aliphatic heterocycles. The van der Waals surface area contributed by atoms with Crippen LogP contribution in [0, 0.1) is 5.92 Å². The first-order valence-corrected chi connectivity index (χ1v) is 6.42. The van der Waals surface area contributed by atoms with Gasteiger partial charge in [0, 0.05) is 5.56 Å². The van der Waals surface area contributed by atoms with Crippen LogP contribution in [-0.2, 0) is 5.60 Å². The van der Waals surface area contributed by atoms with Crippen molar-refractivity contribution in [2.75, 3.05) is 6.61 Å². The molecule has 1 rings (SSSR count). The normalized spacial score (nSPS) is 14.7. The van der Waals surface area contributed by atoms with E-state index in [4.69, 9.17) is 4.74 Å². The molecule has 1 unspecified atom stereocenters. The topological polar surface area (TPSA) is 29.5 Å². The van der Waals surface area contributed by atoms with E-state index >= 15 is 0 Å². The minimum Gasteiger partial charge on any atom is -0.493 e. The minimum atomic E-state index is -0.821. The molecule has 0 saturated heterocycles. The Kier molecular flexibility index (Phi) is 5.01. The van der Waals surface area contributed by atoms with Gasteiger partial charge in [-0.1, -0.05) is 39.0 Å². The average Bonchev–Trinajstić information content (AvgIpc) is 2.25. The van der Waals surface area contributed by atoms with E-state index in [1.807, 2.05) is 31.2 Å². The van der Waals surface area contributed by atoms with Crippen LogP contribution in [0.1, 0.15) is 46.1 Å². The fourth-order valence-electron chi connectivity index (χ4n) is 2.15. The molecule has 0 aliphatic carbocycles. The van der Waals surface area contributed by atoms with Crippen molar-refractivity contribution in [2.45, 2.75) is 46.1 Å². The maximum absolute atomic E-state index is 10.6. The molecule has 0 aromatic heterocycles. The van der Waals surface area contributed by atoms with Crippen molar-refractivity contribution in [1.82, 2.24) is 0 Å². The zero-order chi connectivity index (χ0) is 12.9. The predicted molar refractivity (Wildman–Crippen MR) is 71.3 cm³/mol. The lowest BCUT2D eigenvalue weighted by Crippen LogP contribution is -2.24. The smallest absolute Gasteiger partial charge is 0.125 e. The summed E-state index contributed by atoms with van der Waals surface area (Å²) < 4.78 is 5.69. The number of hydrogen-bond acceptors (Lipinski definition) is 2. The molecule has 0 radical (unpaired) electrons. The van der Waals surface area contributed by atoms with Crippen molar-refractivity contribution in [3.8, 4) is 5.75 Å². The Morgan fingerprint density at radius 2 is 1.94 bits per heavy atom. The number of hydrogen-bond donors (Lipinski definition) is 1. The van der Waals surface area contributed by atoms with E-state index < -0.39 is 5.60 Å². The molecule has 1 atom stereocenters. The van der Waals surface area contributed by atoms with Crippen molar-refractivity contribution in [1.29, 1.82) is 0 Å². The van der Waals surface area contributed by atoms with Crippen LogP contribution in [0.5, 0.6) is 5.75 Å². The van der Waals surface area contributed by atoms with Crippen LogP contribution >= 0.6 is 0 Å². The third kappa shape index (κ3) is 4.04. The van der Waals surface area contributed by atoms with Crippen LogP contribution in [-0.4, -0.2) is 11.7 Å². The zero-order valence-corrected chi connectivity index (χ0v) is 11.4. The molecule has 0 saturated carbocycles. The standard InChI is InChI=1S/C15H24O2/c1-5-10-17-14-9-7-6-8-13(14)15(4,16)11-12(2)3/h6-9,12,16H,5,10-11H2,1-4H3. The van der Waals surface area contributed by atoms with E-state index in [9.17, 15) is 5.11 Å². The summed E-state index contributed by atoms with van der Waals surface area (Å²) in [5, 5.41) is 10.6. The fourth-order valence-corrected chi connectivity index (χ4v) is 2.15. The van der Waals surface area contributed by atoms with Crippen LogP contribution in [0.25, 0.3) is 0 Å². The molecular weight excluding hydrogens is 212 g/mol. The Morgan fingerprint density at radius 1 is 1.29 bits per heavy atom. The zero-order valence-electron chi connectivity index (χ0n) is 11.4. The molecule has 2 nitrogen and oxygen atoms in total. The van der Waals surface area contributed by atoms with E-state index in [1.54, 1.807) is 0 Å². The molecule has 1 aromatic rings.